The van der Waals surface area contributed by atoms with Crippen molar-refractivity contribution in [1.29, 1.82) is 0 Å². The van der Waals surface area contributed by atoms with E-state index in [1.807, 2.05) is 6.92 Å². The van der Waals surface area contributed by atoms with Crippen LogP contribution in [-0.2, 0) is 25.9 Å². The van der Waals surface area contributed by atoms with Gasteiger partial charge in [-0.3, -0.25) is 9.59 Å². The number of Topliss-reactive ketones (excluding diaryl/α,β-unsaturated/α-hetero) is 1. The molecule has 2 heterocycles. The van der Waals surface area contributed by atoms with Crippen LogP contribution in [0.4, 0.5) is 0 Å². The number of methoxy groups -OCH3 is 1. The second-order valence-corrected chi connectivity index (χ2v) is 8.25. The lowest BCUT2D eigenvalue weighted by Gasteiger charge is -2.45. The second-order valence-electron chi connectivity index (χ2n) is 8.25. The molecule has 2 aromatic carbocycles. The van der Waals surface area contributed by atoms with Gasteiger partial charge in [-0.05, 0) is 30.7 Å². The number of unbranched alkanes of at least 4 members (excludes halogenated alkanes) is 1. The van der Waals surface area contributed by atoms with Gasteiger partial charge in [0.15, 0.2) is 0 Å². The lowest BCUT2D eigenvalue weighted by Crippen LogP contribution is -2.66. The van der Waals surface area contributed by atoms with E-state index in [2.05, 4.69) is 0 Å². The van der Waals surface area contributed by atoms with Crippen molar-refractivity contribution in [3.05, 3.63) is 70.8 Å². The number of hydrogen-bond donors (Lipinski definition) is 3. The van der Waals surface area contributed by atoms with Crippen molar-refractivity contribution in [2.45, 2.75) is 36.9 Å². The summed E-state index contributed by atoms with van der Waals surface area (Å²) in [5.41, 5.74) is -2.02. The number of rotatable bonds is 5. The summed E-state index contributed by atoms with van der Waals surface area (Å²) in [7, 11) is 1.51. The van der Waals surface area contributed by atoms with E-state index in [4.69, 9.17) is 9.47 Å². The Labute approximate surface area is 184 Å². The standard InChI is InChI=1S/C24H23NO7/c1-3-4-13-25-21(27)19(26)18-20(14-9-11-15(31-2)12-10-14)32-24(30)17-8-6-5-7-16(17)23(28,29)22(18,24)25/h5-12,28-30H,3-4,13H2,1-2H3/t22-,24+/m1/s1. The third kappa shape index (κ3) is 2.16. The van der Waals surface area contributed by atoms with Crippen LogP contribution in [0.1, 0.15) is 36.5 Å². The topological polar surface area (TPSA) is 117 Å². The van der Waals surface area contributed by atoms with E-state index in [-0.39, 0.29) is 29.0 Å². The molecule has 0 radical (unpaired) electrons. The molecule has 0 saturated carbocycles. The lowest BCUT2D eigenvalue weighted by molar-refractivity contribution is -0.312. The number of fused-ring (bicyclic) bond motifs is 2. The number of benzene rings is 2. The van der Waals surface area contributed by atoms with Gasteiger partial charge in [-0.1, -0.05) is 37.6 Å². The van der Waals surface area contributed by atoms with Crippen molar-refractivity contribution in [3.63, 3.8) is 0 Å². The molecular weight excluding hydrogens is 414 g/mol. The number of ketones is 1. The van der Waals surface area contributed by atoms with Crippen LogP contribution in [-0.4, -0.2) is 51.1 Å². The summed E-state index contributed by atoms with van der Waals surface area (Å²) in [5.74, 6) is -6.46. The van der Waals surface area contributed by atoms with Crippen LogP contribution in [0.5, 0.6) is 5.75 Å². The van der Waals surface area contributed by atoms with Gasteiger partial charge in [-0.25, -0.2) is 0 Å². The third-order valence-corrected chi connectivity index (χ3v) is 6.66. The summed E-state index contributed by atoms with van der Waals surface area (Å²) in [6.07, 6.45) is 1.18. The molecule has 2 aliphatic heterocycles. The largest absolute Gasteiger partial charge is 0.497 e. The Balaban J connectivity index is 1.83. The number of aliphatic hydroxyl groups is 3. The minimum absolute atomic E-state index is 0.0159. The van der Waals surface area contributed by atoms with Gasteiger partial charge in [0.25, 0.3) is 17.5 Å². The average Bonchev–Trinajstić information content (AvgIpc) is 3.27. The number of amides is 1. The highest BCUT2D eigenvalue weighted by atomic mass is 16.6. The highest BCUT2D eigenvalue weighted by molar-refractivity contribution is 6.48. The van der Waals surface area contributed by atoms with Gasteiger partial charge in [-0.15, -0.1) is 0 Å². The van der Waals surface area contributed by atoms with Crippen LogP contribution in [0.2, 0.25) is 0 Å². The van der Waals surface area contributed by atoms with Crippen molar-refractivity contribution < 1.29 is 34.4 Å². The maximum atomic E-state index is 13.3. The van der Waals surface area contributed by atoms with Crippen LogP contribution < -0.4 is 4.74 Å². The molecule has 0 aromatic heterocycles. The number of hydrogen-bond acceptors (Lipinski definition) is 7. The normalized spacial score (nSPS) is 27.3. The fourth-order valence-corrected chi connectivity index (χ4v) is 5.23. The summed E-state index contributed by atoms with van der Waals surface area (Å²) in [5, 5.41) is 35.0. The van der Waals surface area contributed by atoms with Gasteiger partial charge >= 0.3 is 0 Å². The molecule has 1 saturated heterocycles. The van der Waals surface area contributed by atoms with Gasteiger partial charge in [-0.2, -0.15) is 0 Å². The van der Waals surface area contributed by atoms with Crippen molar-refractivity contribution >= 4 is 17.4 Å². The fraction of sp³-hybridized carbons (Fsp3) is 0.333. The molecule has 8 nitrogen and oxygen atoms in total. The summed E-state index contributed by atoms with van der Waals surface area (Å²) >= 11 is 0. The predicted molar refractivity (Wildman–Crippen MR) is 112 cm³/mol. The van der Waals surface area contributed by atoms with E-state index in [1.165, 1.54) is 19.2 Å². The lowest BCUT2D eigenvalue weighted by atomic mass is 9.78. The van der Waals surface area contributed by atoms with Crippen LogP contribution in [0.3, 0.4) is 0 Å². The molecule has 5 rings (SSSR count). The Morgan fingerprint density at radius 1 is 1.00 bits per heavy atom. The summed E-state index contributed by atoms with van der Waals surface area (Å²) in [6.45, 7) is 1.95. The van der Waals surface area contributed by atoms with E-state index >= 15 is 0 Å². The maximum absolute atomic E-state index is 13.3. The van der Waals surface area contributed by atoms with Crippen molar-refractivity contribution in [3.8, 4) is 5.75 Å². The molecule has 1 amide bonds. The van der Waals surface area contributed by atoms with E-state index in [0.29, 0.717) is 24.2 Å². The molecule has 2 aromatic rings. The molecular formula is C24H23NO7. The minimum Gasteiger partial charge on any atom is -0.497 e. The van der Waals surface area contributed by atoms with Gasteiger partial charge in [0.05, 0.1) is 12.7 Å². The van der Waals surface area contributed by atoms with Crippen molar-refractivity contribution in [2.24, 2.45) is 0 Å². The van der Waals surface area contributed by atoms with E-state index in [0.717, 1.165) is 4.90 Å². The SMILES string of the molecule is CCCCN1C(=O)C(=O)C2=C(c3ccc(OC)cc3)O[C@@]3(O)c4ccccc4C(O)(O)[C@@]213. The van der Waals surface area contributed by atoms with Crippen LogP contribution in [0, 0.1) is 0 Å². The molecule has 8 heteroatoms. The molecule has 0 unspecified atom stereocenters. The molecule has 3 N–H and O–H groups in total. The molecule has 1 aliphatic carbocycles. The Kier molecular flexibility index (Phi) is 4.30. The first-order valence-corrected chi connectivity index (χ1v) is 10.5. The molecule has 3 aliphatic rings. The highest BCUT2D eigenvalue weighted by Crippen LogP contribution is 2.67. The fourth-order valence-electron chi connectivity index (χ4n) is 5.23. The van der Waals surface area contributed by atoms with E-state index in [1.54, 1.807) is 36.4 Å². The number of likely N-dealkylation sites (tertiary alicyclic amines) is 1. The van der Waals surface area contributed by atoms with E-state index in [9.17, 15) is 24.9 Å². The molecule has 1 spiro atoms. The summed E-state index contributed by atoms with van der Waals surface area (Å²) in [6, 6.07) is 12.7. The van der Waals surface area contributed by atoms with E-state index < -0.39 is 28.8 Å². The molecule has 0 bridgehead atoms. The van der Waals surface area contributed by atoms with Crippen LogP contribution >= 0.6 is 0 Å². The number of carbonyl (C=O) groups is 2. The molecule has 166 valence electrons. The van der Waals surface area contributed by atoms with Crippen LogP contribution in [0.25, 0.3) is 5.76 Å². The molecule has 2 atom stereocenters. The quantitative estimate of drug-likeness (QED) is 0.478. The Bertz CT molecular complexity index is 1170. The smallest absolute Gasteiger partial charge is 0.296 e. The molecule has 32 heavy (non-hydrogen) atoms. The van der Waals surface area contributed by atoms with Crippen LogP contribution in [0.15, 0.2) is 54.1 Å². The third-order valence-electron chi connectivity index (χ3n) is 6.66. The van der Waals surface area contributed by atoms with Gasteiger partial charge < -0.3 is 29.7 Å². The van der Waals surface area contributed by atoms with Gasteiger partial charge in [0.2, 0.25) is 11.3 Å². The minimum atomic E-state index is -2.77. The zero-order valence-corrected chi connectivity index (χ0v) is 17.7. The second kappa shape index (κ2) is 6.65. The Morgan fingerprint density at radius 3 is 2.28 bits per heavy atom. The predicted octanol–water partition coefficient (Wildman–Crippen LogP) is 1.38. The monoisotopic (exact) mass is 437 g/mol. The first-order chi connectivity index (χ1) is 15.3. The first kappa shape index (κ1) is 20.7. The van der Waals surface area contributed by atoms with Gasteiger partial charge in [0.1, 0.15) is 11.5 Å². The first-order valence-electron chi connectivity index (χ1n) is 10.5. The molecule has 1 fully saturated rings. The summed E-state index contributed by atoms with van der Waals surface area (Å²) in [4.78, 5) is 27.5. The van der Waals surface area contributed by atoms with Crippen molar-refractivity contribution in [1.82, 2.24) is 4.90 Å². The highest BCUT2D eigenvalue weighted by Gasteiger charge is 2.84. The van der Waals surface area contributed by atoms with Gasteiger partial charge in [0, 0.05) is 23.2 Å². The Hall–Kier alpha value is -3.20. The average molecular weight is 437 g/mol. The number of nitrogens with zero attached hydrogens (tertiary/aromatic N) is 1. The zero-order valence-electron chi connectivity index (χ0n) is 17.7. The van der Waals surface area contributed by atoms with Crippen molar-refractivity contribution in [2.75, 3.05) is 13.7 Å². The zero-order chi connectivity index (χ0) is 22.9. The number of ether oxygens (including phenoxy) is 2. The summed E-state index contributed by atoms with van der Waals surface area (Å²) < 4.78 is 11.2. The maximum Gasteiger partial charge on any atom is 0.296 e. The number of carbonyl (C=O) groups excluding carboxylic acids is 2. The Morgan fingerprint density at radius 2 is 1.66 bits per heavy atom.